The number of nitrogens with one attached hydrogen (secondary N) is 1. The van der Waals surface area contributed by atoms with Crippen LogP contribution in [-0.4, -0.2) is 38.8 Å². The van der Waals surface area contributed by atoms with Crippen LogP contribution in [0, 0.1) is 0 Å². The van der Waals surface area contributed by atoms with E-state index in [2.05, 4.69) is 10.4 Å². The number of hydrogen-bond donors (Lipinski definition) is 2. The Hall–Kier alpha value is -2.35. The highest BCUT2D eigenvalue weighted by Crippen LogP contribution is 2.23. The minimum atomic E-state index is -1.06. The molecule has 2 aromatic heterocycles. The van der Waals surface area contributed by atoms with Crippen LogP contribution in [0.4, 0.5) is 9.80 Å². The molecule has 2 amide bonds. The van der Waals surface area contributed by atoms with Crippen LogP contribution in [0.25, 0.3) is 0 Å². The number of hydrogen-bond acceptors (Lipinski definition) is 4. The molecule has 0 bridgehead atoms. The highest BCUT2D eigenvalue weighted by Gasteiger charge is 2.16. The van der Waals surface area contributed by atoms with E-state index in [0.717, 1.165) is 5.56 Å². The fraction of sp³-hybridized carbons (Fsp3) is 0.250. The van der Waals surface area contributed by atoms with Gasteiger partial charge in [0.05, 0.1) is 18.3 Å². The number of carboxylic acids is 1. The second-order valence-corrected chi connectivity index (χ2v) is 5.19. The number of rotatable bonds is 4. The Labute approximate surface area is 119 Å². The zero-order chi connectivity index (χ0) is 14.7. The van der Waals surface area contributed by atoms with E-state index < -0.39 is 5.97 Å². The second kappa shape index (κ2) is 5.74. The van der Waals surface area contributed by atoms with Gasteiger partial charge in [-0.3, -0.25) is 10.00 Å². The molecule has 0 saturated carbocycles. The molecule has 0 fully saturated rings. The first-order valence-corrected chi connectivity index (χ1v) is 6.65. The van der Waals surface area contributed by atoms with E-state index in [-0.39, 0.29) is 11.6 Å². The average Bonchev–Trinajstić information content (AvgIpc) is 2.98. The first-order chi connectivity index (χ1) is 9.47. The van der Waals surface area contributed by atoms with Gasteiger partial charge in [0, 0.05) is 25.9 Å². The van der Waals surface area contributed by atoms with Crippen molar-refractivity contribution in [2.45, 2.75) is 6.54 Å². The molecular weight excluding hydrogens is 280 g/mol. The van der Waals surface area contributed by atoms with Crippen molar-refractivity contribution in [2.24, 2.45) is 7.05 Å². The van der Waals surface area contributed by atoms with Gasteiger partial charge in [0.25, 0.3) is 0 Å². The van der Waals surface area contributed by atoms with Crippen molar-refractivity contribution >= 4 is 28.3 Å². The Kier molecular flexibility index (Phi) is 4.04. The third-order valence-corrected chi connectivity index (χ3v) is 3.47. The first-order valence-electron chi connectivity index (χ1n) is 5.78. The molecule has 2 rings (SSSR count). The van der Waals surface area contributed by atoms with Gasteiger partial charge in [-0.2, -0.15) is 5.10 Å². The summed E-state index contributed by atoms with van der Waals surface area (Å²) in [5.74, 6) is -1.06. The number of nitrogens with zero attached hydrogens (tertiary/aromatic N) is 3. The van der Waals surface area contributed by atoms with E-state index in [4.69, 9.17) is 5.11 Å². The van der Waals surface area contributed by atoms with E-state index in [1.54, 1.807) is 30.4 Å². The molecule has 0 unspecified atom stereocenters. The van der Waals surface area contributed by atoms with Crippen LogP contribution >= 0.6 is 11.3 Å². The average molecular weight is 294 g/mol. The largest absolute Gasteiger partial charge is 0.478 e. The molecule has 0 radical (unpaired) electrons. The van der Waals surface area contributed by atoms with E-state index in [0.29, 0.717) is 11.5 Å². The van der Waals surface area contributed by atoms with E-state index in [1.807, 2.05) is 6.20 Å². The normalized spacial score (nSPS) is 10.3. The molecule has 7 nitrogen and oxygen atoms in total. The van der Waals surface area contributed by atoms with Crippen LogP contribution in [0.15, 0.2) is 23.8 Å². The summed E-state index contributed by atoms with van der Waals surface area (Å²) in [6.45, 7) is 0.396. The summed E-state index contributed by atoms with van der Waals surface area (Å²) in [5.41, 5.74) is 0.993. The predicted molar refractivity (Wildman–Crippen MR) is 75.0 cm³/mol. The van der Waals surface area contributed by atoms with Gasteiger partial charge in [0.1, 0.15) is 5.00 Å². The lowest BCUT2D eigenvalue weighted by Crippen LogP contribution is -2.30. The number of urea groups is 1. The molecule has 0 atom stereocenters. The Morgan fingerprint density at radius 1 is 1.55 bits per heavy atom. The van der Waals surface area contributed by atoms with Crippen molar-refractivity contribution in [3.8, 4) is 0 Å². The van der Waals surface area contributed by atoms with Crippen LogP contribution in [0.2, 0.25) is 0 Å². The maximum Gasteiger partial charge on any atom is 0.338 e. The molecule has 8 heteroatoms. The number of aryl methyl sites for hydroxylation is 1. The zero-order valence-corrected chi connectivity index (χ0v) is 11.8. The number of anilines is 1. The summed E-state index contributed by atoms with van der Waals surface area (Å²) in [6, 6.07) is 1.10. The van der Waals surface area contributed by atoms with Gasteiger partial charge in [0.2, 0.25) is 0 Å². The lowest BCUT2D eigenvalue weighted by Gasteiger charge is -2.16. The number of aromatic carboxylic acids is 1. The zero-order valence-electron chi connectivity index (χ0n) is 11.0. The molecule has 2 aromatic rings. The van der Waals surface area contributed by atoms with Gasteiger partial charge in [-0.05, 0) is 11.4 Å². The van der Waals surface area contributed by atoms with Crippen LogP contribution in [0.1, 0.15) is 15.9 Å². The molecule has 106 valence electrons. The maximum atomic E-state index is 12.0. The van der Waals surface area contributed by atoms with Gasteiger partial charge in [-0.1, -0.05) is 0 Å². The summed E-state index contributed by atoms with van der Waals surface area (Å²) < 4.78 is 1.66. The number of thiophene rings is 1. The molecule has 0 aliphatic heterocycles. The van der Waals surface area contributed by atoms with Crippen molar-refractivity contribution in [3.63, 3.8) is 0 Å². The topological polar surface area (TPSA) is 87.5 Å². The first kappa shape index (κ1) is 14.1. The van der Waals surface area contributed by atoms with E-state index in [1.165, 1.54) is 22.3 Å². The van der Waals surface area contributed by atoms with Crippen molar-refractivity contribution in [1.82, 2.24) is 14.7 Å². The number of carbonyl (C=O) groups excluding carboxylic acids is 1. The second-order valence-electron chi connectivity index (χ2n) is 4.28. The highest BCUT2D eigenvalue weighted by atomic mass is 32.1. The summed E-state index contributed by atoms with van der Waals surface area (Å²) in [4.78, 5) is 24.4. The van der Waals surface area contributed by atoms with Crippen molar-refractivity contribution < 1.29 is 14.7 Å². The van der Waals surface area contributed by atoms with Crippen molar-refractivity contribution in [2.75, 3.05) is 12.4 Å². The van der Waals surface area contributed by atoms with Gasteiger partial charge < -0.3 is 10.0 Å². The molecule has 2 heterocycles. The minimum Gasteiger partial charge on any atom is -0.478 e. The standard InChI is InChI=1S/C12H14N4O3S/c1-15(6-8-5-13-16(2)7-8)12(19)14-10-9(11(17)18)3-4-20-10/h3-5,7H,6H2,1-2H3,(H,14,19)(H,17,18). The third kappa shape index (κ3) is 3.15. The lowest BCUT2D eigenvalue weighted by atomic mass is 10.3. The van der Waals surface area contributed by atoms with E-state index >= 15 is 0 Å². The molecular formula is C12H14N4O3S. The summed E-state index contributed by atoms with van der Waals surface area (Å²) in [5, 5.41) is 17.6. The predicted octanol–water partition coefficient (Wildman–Crippen LogP) is 1.84. The quantitative estimate of drug-likeness (QED) is 0.900. The number of aromatic nitrogens is 2. The van der Waals surface area contributed by atoms with Crippen LogP contribution in [0.3, 0.4) is 0 Å². The fourth-order valence-electron chi connectivity index (χ4n) is 1.67. The Morgan fingerprint density at radius 3 is 2.90 bits per heavy atom. The molecule has 0 aliphatic carbocycles. The SMILES string of the molecule is CN(Cc1cnn(C)c1)C(=O)Nc1sccc1C(=O)O. The Balaban J connectivity index is 2.00. The molecule has 0 aliphatic rings. The lowest BCUT2D eigenvalue weighted by molar-refractivity contribution is 0.0698. The minimum absolute atomic E-state index is 0.0955. The molecule has 0 aromatic carbocycles. The summed E-state index contributed by atoms with van der Waals surface area (Å²) in [7, 11) is 3.44. The van der Waals surface area contributed by atoms with Crippen molar-refractivity contribution in [3.05, 3.63) is 35.0 Å². The van der Waals surface area contributed by atoms with Crippen molar-refractivity contribution in [1.29, 1.82) is 0 Å². The van der Waals surface area contributed by atoms with Gasteiger partial charge in [0.15, 0.2) is 0 Å². The van der Waals surface area contributed by atoms with E-state index in [9.17, 15) is 9.59 Å². The summed E-state index contributed by atoms with van der Waals surface area (Å²) in [6.07, 6.45) is 3.50. The number of carbonyl (C=O) groups is 2. The van der Waals surface area contributed by atoms with Gasteiger partial charge in [-0.25, -0.2) is 9.59 Å². The highest BCUT2D eigenvalue weighted by molar-refractivity contribution is 7.14. The number of amides is 2. The smallest absolute Gasteiger partial charge is 0.338 e. The Morgan fingerprint density at radius 2 is 2.30 bits per heavy atom. The molecule has 2 N–H and O–H groups in total. The molecule has 20 heavy (non-hydrogen) atoms. The summed E-state index contributed by atoms with van der Waals surface area (Å²) >= 11 is 1.18. The number of carboxylic acid groups (broad SMARTS) is 1. The molecule has 0 saturated heterocycles. The Bertz CT molecular complexity index is 634. The van der Waals surface area contributed by atoms with Crippen LogP contribution in [0.5, 0.6) is 0 Å². The third-order valence-electron chi connectivity index (χ3n) is 2.64. The maximum absolute atomic E-state index is 12.0. The van der Waals surface area contributed by atoms with Gasteiger partial charge in [-0.15, -0.1) is 11.3 Å². The monoisotopic (exact) mass is 294 g/mol. The van der Waals surface area contributed by atoms with Crippen LogP contribution < -0.4 is 5.32 Å². The van der Waals surface area contributed by atoms with Gasteiger partial charge >= 0.3 is 12.0 Å². The fourth-order valence-corrected chi connectivity index (χ4v) is 2.43. The molecule has 0 spiro atoms. The van der Waals surface area contributed by atoms with Crippen LogP contribution in [-0.2, 0) is 13.6 Å².